The van der Waals surface area contributed by atoms with E-state index in [0.29, 0.717) is 5.56 Å². The third-order valence-electron chi connectivity index (χ3n) is 3.98. The number of hydrogen-bond donors (Lipinski definition) is 4. The third kappa shape index (κ3) is 6.64. The van der Waals surface area contributed by atoms with Crippen molar-refractivity contribution < 1.29 is 24.2 Å². The summed E-state index contributed by atoms with van der Waals surface area (Å²) >= 11 is 0. The van der Waals surface area contributed by atoms with Gasteiger partial charge < -0.3 is 26.2 Å². The highest BCUT2D eigenvalue weighted by Crippen LogP contribution is 2.12. The zero-order valence-electron chi connectivity index (χ0n) is 15.4. The molecule has 0 bridgehead atoms. The molecule has 2 rings (SSSR count). The molecule has 0 saturated carbocycles. The Bertz CT molecular complexity index is 808. The van der Waals surface area contributed by atoms with Gasteiger partial charge in [0.05, 0.1) is 0 Å². The van der Waals surface area contributed by atoms with Gasteiger partial charge in [0.1, 0.15) is 24.4 Å². The maximum Gasteiger partial charge on any atom is 0.408 e. The van der Waals surface area contributed by atoms with E-state index in [4.69, 9.17) is 10.5 Å². The van der Waals surface area contributed by atoms with Crippen molar-refractivity contribution in [3.8, 4) is 5.75 Å². The van der Waals surface area contributed by atoms with E-state index in [1.54, 1.807) is 12.1 Å². The van der Waals surface area contributed by atoms with Crippen LogP contribution in [0.5, 0.6) is 5.75 Å². The Morgan fingerprint density at radius 1 is 1.00 bits per heavy atom. The van der Waals surface area contributed by atoms with Crippen molar-refractivity contribution in [2.45, 2.75) is 32.0 Å². The van der Waals surface area contributed by atoms with Crippen molar-refractivity contribution in [2.24, 2.45) is 5.73 Å². The molecule has 0 aliphatic heterocycles. The van der Waals surface area contributed by atoms with Gasteiger partial charge in [-0.15, -0.1) is 0 Å². The monoisotopic (exact) mass is 385 g/mol. The minimum absolute atomic E-state index is 0.0535. The fourth-order valence-corrected chi connectivity index (χ4v) is 2.37. The maximum atomic E-state index is 12.5. The summed E-state index contributed by atoms with van der Waals surface area (Å²) in [7, 11) is 0. The summed E-state index contributed by atoms with van der Waals surface area (Å²) in [5, 5.41) is 14.3. The van der Waals surface area contributed by atoms with Crippen LogP contribution < -0.4 is 16.4 Å². The van der Waals surface area contributed by atoms with Crippen LogP contribution in [0, 0.1) is 0 Å². The quantitative estimate of drug-likeness (QED) is 0.543. The molecule has 2 atom stereocenters. The SMILES string of the molecule is C[C@H](NC(=O)C(Cc1ccc(O)cc1)NC(=O)OCc1ccccc1)C(N)=O. The lowest BCUT2D eigenvalue weighted by Gasteiger charge is -2.20. The Balaban J connectivity index is 2.03. The van der Waals surface area contributed by atoms with Gasteiger partial charge >= 0.3 is 6.09 Å². The molecule has 2 aromatic carbocycles. The van der Waals surface area contributed by atoms with E-state index in [1.807, 2.05) is 30.3 Å². The van der Waals surface area contributed by atoms with E-state index >= 15 is 0 Å². The van der Waals surface area contributed by atoms with Crippen molar-refractivity contribution in [3.63, 3.8) is 0 Å². The van der Waals surface area contributed by atoms with Crippen molar-refractivity contribution in [3.05, 3.63) is 65.7 Å². The van der Waals surface area contributed by atoms with E-state index in [2.05, 4.69) is 10.6 Å². The number of aromatic hydroxyl groups is 1. The predicted molar refractivity (Wildman–Crippen MR) is 102 cm³/mol. The molecule has 1 unspecified atom stereocenters. The molecule has 0 spiro atoms. The Kier molecular flexibility index (Phi) is 7.38. The summed E-state index contributed by atoms with van der Waals surface area (Å²) in [6, 6.07) is 13.4. The molecular formula is C20H23N3O5. The summed E-state index contributed by atoms with van der Waals surface area (Å²) in [5.41, 5.74) is 6.68. The van der Waals surface area contributed by atoms with Crippen LogP contribution in [-0.4, -0.2) is 35.1 Å². The zero-order chi connectivity index (χ0) is 20.5. The number of hydrogen-bond acceptors (Lipinski definition) is 5. The lowest BCUT2D eigenvalue weighted by atomic mass is 10.0. The highest BCUT2D eigenvalue weighted by molar-refractivity contribution is 5.90. The van der Waals surface area contributed by atoms with Crippen LogP contribution in [-0.2, 0) is 27.4 Å². The molecule has 0 aliphatic carbocycles. The number of nitrogens with one attached hydrogen (secondary N) is 2. The van der Waals surface area contributed by atoms with Crippen molar-refractivity contribution in [1.29, 1.82) is 0 Å². The van der Waals surface area contributed by atoms with Gasteiger partial charge in [0, 0.05) is 6.42 Å². The number of primary amides is 1. The van der Waals surface area contributed by atoms with Gasteiger partial charge in [-0.05, 0) is 30.2 Å². The second-order valence-electron chi connectivity index (χ2n) is 6.26. The standard InChI is InChI=1S/C20H23N3O5/c1-13(18(21)25)22-19(26)17(11-14-7-9-16(24)10-8-14)23-20(27)28-12-15-5-3-2-4-6-15/h2-10,13,17,24H,11-12H2,1H3,(H2,21,25)(H,22,26)(H,23,27)/t13-,17?/m0/s1. The smallest absolute Gasteiger partial charge is 0.408 e. The molecule has 3 amide bonds. The third-order valence-corrected chi connectivity index (χ3v) is 3.98. The van der Waals surface area contributed by atoms with Crippen LogP contribution in [0.25, 0.3) is 0 Å². The molecule has 0 aromatic heterocycles. The fraction of sp³-hybridized carbons (Fsp3) is 0.250. The molecule has 8 heteroatoms. The summed E-state index contributed by atoms with van der Waals surface area (Å²) in [5.74, 6) is -1.18. The second kappa shape index (κ2) is 9.96. The number of rotatable bonds is 8. The van der Waals surface area contributed by atoms with E-state index in [1.165, 1.54) is 19.1 Å². The number of nitrogens with two attached hydrogens (primary N) is 1. The van der Waals surface area contributed by atoms with Gasteiger partial charge in [0.25, 0.3) is 0 Å². The molecule has 0 saturated heterocycles. The topological polar surface area (TPSA) is 131 Å². The molecule has 0 heterocycles. The van der Waals surface area contributed by atoms with Crippen LogP contribution in [0.3, 0.4) is 0 Å². The van der Waals surface area contributed by atoms with Gasteiger partial charge in [-0.1, -0.05) is 42.5 Å². The highest BCUT2D eigenvalue weighted by Gasteiger charge is 2.24. The molecule has 0 fully saturated rings. The maximum absolute atomic E-state index is 12.5. The number of amides is 3. The molecular weight excluding hydrogens is 362 g/mol. The molecule has 148 valence electrons. The molecule has 0 aliphatic rings. The average molecular weight is 385 g/mol. The van der Waals surface area contributed by atoms with E-state index in [9.17, 15) is 19.5 Å². The van der Waals surface area contributed by atoms with Crippen molar-refractivity contribution in [2.75, 3.05) is 0 Å². The number of carbonyl (C=O) groups is 3. The number of benzene rings is 2. The van der Waals surface area contributed by atoms with E-state index < -0.39 is 30.0 Å². The van der Waals surface area contributed by atoms with Gasteiger partial charge in [0.15, 0.2) is 0 Å². The molecule has 0 radical (unpaired) electrons. The molecule has 8 nitrogen and oxygen atoms in total. The first-order valence-corrected chi connectivity index (χ1v) is 8.70. The lowest BCUT2D eigenvalue weighted by Crippen LogP contribution is -2.52. The van der Waals surface area contributed by atoms with E-state index in [-0.39, 0.29) is 18.8 Å². The van der Waals surface area contributed by atoms with E-state index in [0.717, 1.165) is 5.56 Å². The zero-order valence-corrected chi connectivity index (χ0v) is 15.4. The fourth-order valence-electron chi connectivity index (χ4n) is 2.37. The first-order chi connectivity index (χ1) is 13.3. The van der Waals surface area contributed by atoms with Crippen LogP contribution in [0.4, 0.5) is 4.79 Å². The number of ether oxygens (including phenoxy) is 1. The lowest BCUT2D eigenvalue weighted by molar-refractivity contribution is -0.128. The van der Waals surface area contributed by atoms with Gasteiger partial charge in [-0.25, -0.2) is 4.79 Å². The normalized spacial score (nSPS) is 12.5. The Morgan fingerprint density at radius 2 is 1.64 bits per heavy atom. The molecule has 2 aromatic rings. The summed E-state index contributed by atoms with van der Waals surface area (Å²) in [6.45, 7) is 1.50. The second-order valence-corrected chi connectivity index (χ2v) is 6.26. The largest absolute Gasteiger partial charge is 0.508 e. The molecule has 5 N–H and O–H groups in total. The Hall–Kier alpha value is -3.55. The number of carbonyl (C=O) groups excluding carboxylic acids is 3. The molecule has 28 heavy (non-hydrogen) atoms. The van der Waals surface area contributed by atoms with Crippen LogP contribution >= 0.6 is 0 Å². The Morgan fingerprint density at radius 3 is 2.25 bits per heavy atom. The first-order valence-electron chi connectivity index (χ1n) is 8.70. The van der Waals surface area contributed by atoms with Gasteiger partial charge in [-0.2, -0.15) is 0 Å². The minimum Gasteiger partial charge on any atom is -0.508 e. The summed E-state index contributed by atoms with van der Waals surface area (Å²) in [4.78, 5) is 35.9. The van der Waals surface area contributed by atoms with Crippen LogP contribution in [0.2, 0.25) is 0 Å². The highest BCUT2D eigenvalue weighted by atomic mass is 16.5. The van der Waals surface area contributed by atoms with Crippen molar-refractivity contribution in [1.82, 2.24) is 10.6 Å². The summed E-state index contributed by atoms with van der Waals surface area (Å²) < 4.78 is 5.16. The minimum atomic E-state index is -0.991. The number of phenolic OH excluding ortho intramolecular Hbond substituents is 1. The van der Waals surface area contributed by atoms with Crippen molar-refractivity contribution >= 4 is 17.9 Å². The van der Waals surface area contributed by atoms with Crippen LogP contribution in [0.15, 0.2) is 54.6 Å². The first kappa shape index (κ1) is 20.8. The Labute approximate surface area is 162 Å². The van der Waals surface area contributed by atoms with Gasteiger partial charge in [-0.3, -0.25) is 9.59 Å². The van der Waals surface area contributed by atoms with Gasteiger partial charge in [0.2, 0.25) is 11.8 Å². The average Bonchev–Trinajstić information content (AvgIpc) is 2.68. The van der Waals surface area contributed by atoms with Crippen LogP contribution in [0.1, 0.15) is 18.1 Å². The number of phenols is 1. The summed E-state index contributed by atoms with van der Waals surface area (Å²) in [6.07, 6.45) is -0.632. The predicted octanol–water partition coefficient (Wildman–Crippen LogP) is 1.22. The number of alkyl carbamates (subject to hydrolysis) is 1.